The van der Waals surface area contributed by atoms with Crippen LogP contribution in [0.1, 0.15) is 19.8 Å². The topological polar surface area (TPSA) is 3.01 Å². The van der Waals surface area contributed by atoms with Crippen LogP contribution in [0.3, 0.4) is 0 Å². The summed E-state index contributed by atoms with van der Waals surface area (Å²) >= 11 is 0. The van der Waals surface area contributed by atoms with Crippen molar-refractivity contribution in [1.29, 1.82) is 0 Å². The quantitative estimate of drug-likeness (QED) is 0.542. The van der Waals surface area contributed by atoms with Gasteiger partial charge in [0.25, 0.3) is 0 Å². The van der Waals surface area contributed by atoms with Crippen molar-refractivity contribution in [2.45, 2.75) is 25.3 Å². The number of allylic oxidation sites excluding steroid dienone is 2. The first kappa shape index (κ1) is 7.11. The van der Waals surface area contributed by atoms with E-state index in [9.17, 15) is 0 Å². The molecule has 0 aromatic heterocycles. The maximum Gasteiger partial charge on any atom is 0.0427 e. The van der Waals surface area contributed by atoms with E-state index >= 15 is 0 Å². The van der Waals surface area contributed by atoms with Crippen molar-refractivity contribution in [2.75, 3.05) is 13.1 Å². The minimum Gasteiger partial charge on any atom is -0.291 e. The zero-order valence-electron chi connectivity index (χ0n) is 7.09. The molecule has 0 aromatic carbocycles. The molecule has 1 aliphatic heterocycles. The second-order valence-electron chi connectivity index (χ2n) is 3.44. The fourth-order valence-corrected chi connectivity index (χ4v) is 1.87. The summed E-state index contributed by atoms with van der Waals surface area (Å²) in [4.78, 5) is 2.55. The lowest BCUT2D eigenvalue weighted by Gasteiger charge is -2.31. The molecule has 1 fully saturated rings. The monoisotopic (exact) mass is 149 g/mol. The Bertz CT molecular complexity index is 201. The van der Waals surface area contributed by atoms with Gasteiger partial charge in [-0.3, -0.25) is 4.90 Å². The summed E-state index contributed by atoms with van der Waals surface area (Å²) in [6.07, 6.45) is 11.4. The molecule has 1 atom stereocenters. The van der Waals surface area contributed by atoms with Crippen molar-refractivity contribution in [1.82, 2.24) is 4.90 Å². The molecule has 0 spiro atoms. The molecule has 0 radical (unpaired) electrons. The minimum absolute atomic E-state index is 0.398. The van der Waals surface area contributed by atoms with Gasteiger partial charge in [-0.2, -0.15) is 0 Å². The molecule has 1 saturated heterocycles. The lowest BCUT2D eigenvalue weighted by atomic mass is 9.88. The van der Waals surface area contributed by atoms with Gasteiger partial charge >= 0.3 is 0 Å². The second-order valence-corrected chi connectivity index (χ2v) is 3.44. The van der Waals surface area contributed by atoms with Crippen LogP contribution in [0.4, 0.5) is 0 Å². The smallest absolute Gasteiger partial charge is 0.0427 e. The molecule has 11 heavy (non-hydrogen) atoms. The molecule has 1 heteroatoms. The predicted octanol–water partition coefficient (Wildman–Crippen LogP) is 1.97. The summed E-state index contributed by atoms with van der Waals surface area (Å²) in [6.45, 7) is 4.87. The molecule has 1 unspecified atom stereocenters. The molecular formula is C10H15N. The maximum atomic E-state index is 2.55. The Morgan fingerprint density at radius 3 is 2.64 bits per heavy atom. The van der Waals surface area contributed by atoms with E-state index in [1.54, 1.807) is 0 Å². The van der Waals surface area contributed by atoms with E-state index in [-0.39, 0.29) is 0 Å². The molecule has 1 nitrogen and oxygen atoms in total. The van der Waals surface area contributed by atoms with Gasteiger partial charge in [0.1, 0.15) is 0 Å². The van der Waals surface area contributed by atoms with Crippen LogP contribution in [0.2, 0.25) is 0 Å². The van der Waals surface area contributed by atoms with Crippen LogP contribution in [0.25, 0.3) is 0 Å². The Kier molecular flexibility index (Phi) is 1.61. The summed E-state index contributed by atoms with van der Waals surface area (Å²) in [5.74, 6) is 0. The summed E-state index contributed by atoms with van der Waals surface area (Å²) < 4.78 is 0. The SMILES string of the molecule is CCC1(N2CC2)C=CC=CC1. The van der Waals surface area contributed by atoms with Crippen LogP contribution in [0, 0.1) is 0 Å². The number of nitrogens with zero attached hydrogens (tertiary/aromatic N) is 1. The summed E-state index contributed by atoms with van der Waals surface area (Å²) in [7, 11) is 0. The highest BCUT2D eigenvalue weighted by Crippen LogP contribution is 2.33. The Hall–Kier alpha value is -0.560. The fourth-order valence-electron chi connectivity index (χ4n) is 1.87. The van der Waals surface area contributed by atoms with Gasteiger partial charge in [-0.1, -0.05) is 31.2 Å². The third kappa shape index (κ3) is 1.14. The molecule has 2 aliphatic rings. The van der Waals surface area contributed by atoms with Crippen LogP contribution >= 0.6 is 0 Å². The van der Waals surface area contributed by atoms with Crippen LogP contribution in [0.15, 0.2) is 24.3 Å². The first-order valence-corrected chi connectivity index (χ1v) is 4.47. The van der Waals surface area contributed by atoms with E-state index in [1.807, 2.05) is 0 Å². The van der Waals surface area contributed by atoms with Gasteiger partial charge in [0.2, 0.25) is 0 Å². The Morgan fingerprint density at radius 1 is 1.36 bits per heavy atom. The first-order chi connectivity index (χ1) is 5.37. The van der Waals surface area contributed by atoms with Gasteiger partial charge in [0.05, 0.1) is 0 Å². The predicted molar refractivity (Wildman–Crippen MR) is 47.5 cm³/mol. The third-order valence-electron chi connectivity index (χ3n) is 2.81. The number of hydrogen-bond acceptors (Lipinski definition) is 1. The standard InChI is InChI=1S/C10H15N/c1-2-10(11-8-9-11)6-4-3-5-7-10/h3-6H,2,7-9H2,1H3. The van der Waals surface area contributed by atoms with Crippen molar-refractivity contribution in [3.8, 4) is 0 Å². The molecule has 0 N–H and O–H groups in total. The zero-order chi connectivity index (χ0) is 7.73. The van der Waals surface area contributed by atoms with Crippen LogP contribution < -0.4 is 0 Å². The van der Waals surface area contributed by atoms with E-state index in [4.69, 9.17) is 0 Å². The molecular weight excluding hydrogens is 134 g/mol. The van der Waals surface area contributed by atoms with Gasteiger partial charge < -0.3 is 0 Å². The summed E-state index contributed by atoms with van der Waals surface area (Å²) in [5, 5.41) is 0. The number of rotatable bonds is 2. The maximum absolute atomic E-state index is 2.55. The van der Waals surface area contributed by atoms with E-state index in [2.05, 4.69) is 36.1 Å². The van der Waals surface area contributed by atoms with E-state index in [0.717, 1.165) is 0 Å². The van der Waals surface area contributed by atoms with Gasteiger partial charge in [0, 0.05) is 18.6 Å². The molecule has 60 valence electrons. The largest absolute Gasteiger partial charge is 0.291 e. The average Bonchev–Trinajstić information content (AvgIpc) is 2.88. The Balaban J connectivity index is 2.15. The van der Waals surface area contributed by atoms with Gasteiger partial charge in [-0.05, 0) is 12.8 Å². The van der Waals surface area contributed by atoms with Gasteiger partial charge in [-0.15, -0.1) is 0 Å². The molecule has 0 aromatic rings. The van der Waals surface area contributed by atoms with E-state index < -0.39 is 0 Å². The second kappa shape index (κ2) is 2.49. The molecule has 0 saturated carbocycles. The molecule has 0 bridgehead atoms. The normalized spacial score (nSPS) is 36.1. The lowest BCUT2D eigenvalue weighted by molar-refractivity contribution is 0.284. The molecule has 0 amide bonds. The Labute approximate surface area is 68.4 Å². The van der Waals surface area contributed by atoms with Crippen molar-refractivity contribution < 1.29 is 0 Å². The molecule has 1 heterocycles. The molecule has 2 rings (SSSR count). The highest BCUT2D eigenvalue weighted by molar-refractivity contribution is 5.22. The first-order valence-electron chi connectivity index (χ1n) is 4.47. The molecule has 1 aliphatic carbocycles. The van der Waals surface area contributed by atoms with Crippen molar-refractivity contribution in [3.05, 3.63) is 24.3 Å². The van der Waals surface area contributed by atoms with Crippen LogP contribution in [-0.4, -0.2) is 23.5 Å². The zero-order valence-corrected chi connectivity index (χ0v) is 7.09. The summed E-state index contributed by atoms with van der Waals surface area (Å²) in [5.41, 5.74) is 0.398. The van der Waals surface area contributed by atoms with Crippen LogP contribution in [0.5, 0.6) is 0 Å². The van der Waals surface area contributed by atoms with Crippen molar-refractivity contribution in [3.63, 3.8) is 0 Å². The lowest BCUT2D eigenvalue weighted by Crippen LogP contribution is -2.35. The van der Waals surface area contributed by atoms with Crippen LogP contribution in [-0.2, 0) is 0 Å². The Morgan fingerprint density at radius 2 is 2.18 bits per heavy atom. The minimum atomic E-state index is 0.398. The van der Waals surface area contributed by atoms with Gasteiger partial charge in [-0.25, -0.2) is 0 Å². The van der Waals surface area contributed by atoms with E-state index in [0.29, 0.717) is 5.54 Å². The fraction of sp³-hybridized carbons (Fsp3) is 0.600. The van der Waals surface area contributed by atoms with E-state index in [1.165, 1.54) is 25.9 Å². The average molecular weight is 149 g/mol. The highest BCUT2D eigenvalue weighted by Gasteiger charge is 2.38. The van der Waals surface area contributed by atoms with Crippen molar-refractivity contribution >= 4 is 0 Å². The summed E-state index contributed by atoms with van der Waals surface area (Å²) in [6, 6.07) is 0. The third-order valence-corrected chi connectivity index (χ3v) is 2.81. The number of hydrogen-bond donors (Lipinski definition) is 0. The van der Waals surface area contributed by atoms with Gasteiger partial charge in [0.15, 0.2) is 0 Å². The highest BCUT2D eigenvalue weighted by atomic mass is 15.3. The van der Waals surface area contributed by atoms with Crippen molar-refractivity contribution in [2.24, 2.45) is 0 Å².